The van der Waals surface area contributed by atoms with E-state index in [0.717, 1.165) is 38.1 Å². The highest BCUT2D eigenvalue weighted by Gasteiger charge is 2.34. The van der Waals surface area contributed by atoms with Gasteiger partial charge < -0.3 is 10.2 Å². The predicted octanol–water partition coefficient (Wildman–Crippen LogP) is 2.16. The van der Waals surface area contributed by atoms with Crippen LogP contribution in [0.15, 0.2) is 36.8 Å². The maximum atomic E-state index is 13.1. The number of fused-ring (bicyclic) bond motifs is 1. The summed E-state index contributed by atoms with van der Waals surface area (Å²) < 4.78 is 40.7. The third-order valence-corrected chi connectivity index (χ3v) is 4.81. The molecular weight excluding hydrogens is 385 g/mol. The Kier molecular flexibility index (Phi) is 5.22. The second kappa shape index (κ2) is 7.82. The number of alkyl halides is 3. The highest BCUT2D eigenvalue weighted by Crippen LogP contribution is 2.29. The van der Waals surface area contributed by atoms with E-state index in [1.54, 1.807) is 6.20 Å². The smallest absolute Gasteiger partial charge is 0.366 e. The molecule has 1 N–H and O–H groups in total. The Morgan fingerprint density at radius 2 is 1.93 bits per heavy atom. The van der Waals surface area contributed by atoms with E-state index in [1.165, 1.54) is 10.8 Å². The molecule has 0 aromatic carbocycles. The van der Waals surface area contributed by atoms with Crippen molar-refractivity contribution in [3.05, 3.63) is 42.5 Å². The Morgan fingerprint density at radius 3 is 2.62 bits per heavy atom. The standard InChI is InChI=1S/C18H21F3N8/c1-13(11-27-6-8-28(9-7-27)15-4-2-3-5-22-15)25-16-10-14(18(19,20)21)26-17-23-12-24-29(16)17/h2-5,10,12-13,25H,6-9,11H2,1H3. The fraction of sp³-hybridized carbons (Fsp3) is 0.444. The van der Waals surface area contributed by atoms with E-state index in [4.69, 9.17) is 0 Å². The molecule has 1 unspecified atom stereocenters. The summed E-state index contributed by atoms with van der Waals surface area (Å²) in [6.07, 6.45) is -1.58. The van der Waals surface area contributed by atoms with Crippen LogP contribution in [0.5, 0.6) is 0 Å². The van der Waals surface area contributed by atoms with Crippen molar-refractivity contribution in [3.63, 3.8) is 0 Å². The van der Waals surface area contributed by atoms with Crippen LogP contribution in [0.3, 0.4) is 0 Å². The fourth-order valence-corrected chi connectivity index (χ4v) is 3.45. The van der Waals surface area contributed by atoms with Crippen molar-refractivity contribution in [3.8, 4) is 0 Å². The number of nitrogens with one attached hydrogen (secondary N) is 1. The Morgan fingerprint density at radius 1 is 1.14 bits per heavy atom. The van der Waals surface area contributed by atoms with Crippen LogP contribution in [-0.2, 0) is 6.18 Å². The lowest BCUT2D eigenvalue weighted by atomic mass is 10.2. The molecule has 1 aliphatic rings. The molecule has 3 aromatic rings. The van der Waals surface area contributed by atoms with Crippen LogP contribution in [0.25, 0.3) is 5.78 Å². The number of aromatic nitrogens is 5. The number of piperazine rings is 1. The number of hydrogen-bond acceptors (Lipinski definition) is 7. The third kappa shape index (κ3) is 4.39. The summed E-state index contributed by atoms with van der Waals surface area (Å²) in [4.78, 5) is 16.2. The van der Waals surface area contributed by atoms with Gasteiger partial charge in [0.25, 0.3) is 5.78 Å². The van der Waals surface area contributed by atoms with Crippen molar-refractivity contribution in [2.75, 3.05) is 42.9 Å². The molecule has 1 atom stereocenters. The third-order valence-electron chi connectivity index (χ3n) is 4.81. The largest absolute Gasteiger partial charge is 0.433 e. The normalized spacial score (nSPS) is 16.9. The summed E-state index contributed by atoms with van der Waals surface area (Å²) in [5, 5.41) is 7.10. The van der Waals surface area contributed by atoms with Crippen LogP contribution >= 0.6 is 0 Å². The second-order valence-electron chi connectivity index (χ2n) is 7.02. The van der Waals surface area contributed by atoms with Crippen molar-refractivity contribution < 1.29 is 13.2 Å². The van der Waals surface area contributed by atoms with Crippen LogP contribution in [0.2, 0.25) is 0 Å². The number of pyridine rings is 1. The monoisotopic (exact) mass is 406 g/mol. The molecule has 4 heterocycles. The molecule has 0 spiro atoms. The zero-order valence-electron chi connectivity index (χ0n) is 15.8. The first kappa shape index (κ1) is 19.4. The van der Waals surface area contributed by atoms with E-state index in [1.807, 2.05) is 25.1 Å². The molecule has 0 radical (unpaired) electrons. The van der Waals surface area contributed by atoms with Gasteiger partial charge in [-0.2, -0.15) is 27.8 Å². The Bertz CT molecular complexity index is 951. The highest BCUT2D eigenvalue weighted by atomic mass is 19.4. The molecular formula is C18H21F3N8. The summed E-state index contributed by atoms with van der Waals surface area (Å²) in [6, 6.07) is 6.73. The van der Waals surface area contributed by atoms with Crippen molar-refractivity contribution >= 4 is 17.4 Å². The van der Waals surface area contributed by atoms with Gasteiger partial charge in [-0.25, -0.2) is 9.97 Å². The summed E-state index contributed by atoms with van der Waals surface area (Å²) in [5.41, 5.74) is -0.989. The summed E-state index contributed by atoms with van der Waals surface area (Å²) in [5.74, 6) is 1.10. The van der Waals surface area contributed by atoms with Gasteiger partial charge in [-0.05, 0) is 19.1 Å². The zero-order valence-corrected chi connectivity index (χ0v) is 15.8. The molecule has 1 aliphatic heterocycles. The van der Waals surface area contributed by atoms with Crippen LogP contribution in [0, 0.1) is 0 Å². The lowest BCUT2D eigenvalue weighted by Gasteiger charge is -2.36. The van der Waals surface area contributed by atoms with Gasteiger partial charge in [-0.1, -0.05) is 6.07 Å². The van der Waals surface area contributed by atoms with Crippen LogP contribution in [-0.4, -0.2) is 68.2 Å². The van der Waals surface area contributed by atoms with E-state index in [0.29, 0.717) is 6.54 Å². The fourth-order valence-electron chi connectivity index (χ4n) is 3.45. The molecule has 0 saturated carbocycles. The maximum Gasteiger partial charge on any atom is 0.433 e. The van der Waals surface area contributed by atoms with Crippen LogP contribution < -0.4 is 10.2 Å². The molecule has 8 nitrogen and oxygen atoms in total. The second-order valence-corrected chi connectivity index (χ2v) is 7.02. The van der Waals surface area contributed by atoms with E-state index in [-0.39, 0.29) is 17.6 Å². The molecule has 1 fully saturated rings. The van der Waals surface area contributed by atoms with Gasteiger partial charge in [-0.15, -0.1) is 0 Å². The number of rotatable bonds is 5. The number of hydrogen-bond donors (Lipinski definition) is 1. The molecule has 0 bridgehead atoms. The first-order valence-electron chi connectivity index (χ1n) is 9.33. The maximum absolute atomic E-state index is 13.1. The summed E-state index contributed by atoms with van der Waals surface area (Å²) in [7, 11) is 0. The molecule has 1 saturated heterocycles. The molecule has 154 valence electrons. The van der Waals surface area contributed by atoms with Gasteiger partial charge in [0.05, 0.1) is 0 Å². The van der Waals surface area contributed by atoms with Crippen LogP contribution in [0.4, 0.5) is 24.8 Å². The predicted molar refractivity (Wildman–Crippen MR) is 102 cm³/mol. The first-order chi connectivity index (χ1) is 13.9. The Labute approximate surface area is 165 Å². The minimum Gasteiger partial charge on any atom is -0.366 e. The van der Waals surface area contributed by atoms with Gasteiger partial charge in [0.15, 0.2) is 5.69 Å². The van der Waals surface area contributed by atoms with Gasteiger partial charge in [0, 0.05) is 51.0 Å². The molecule has 0 aliphatic carbocycles. The average Bonchev–Trinajstić information content (AvgIpc) is 3.18. The van der Waals surface area contributed by atoms with E-state index in [2.05, 4.69) is 35.2 Å². The van der Waals surface area contributed by atoms with E-state index < -0.39 is 11.9 Å². The Hall–Kier alpha value is -2.95. The van der Waals surface area contributed by atoms with E-state index in [9.17, 15) is 13.2 Å². The minimum absolute atomic E-state index is 0.0847. The van der Waals surface area contributed by atoms with Crippen molar-refractivity contribution in [1.82, 2.24) is 29.5 Å². The lowest BCUT2D eigenvalue weighted by molar-refractivity contribution is -0.141. The highest BCUT2D eigenvalue weighted by molar-refractivity contribution is 5.46. The van der Waals surface area contributed by atoms with Crippen LogP contribution in [0.1, 0.15) is 12.6 Å². The van der Waals surface area contributed by atoms with Gasteiger partial charge in [0.2, 0.25) is 0 Å². The quantitative estimate of drug-likeness (QED) is 0.696. The molecule has 0 amide bonds. The SMILES string of the molecule is CC(CN1CCN(c2ccccn2)CC1)Nc1cc(C(F)(F)F)nc2ncnn12. The number of nitrogens with zero attached hydrogens (tertiary/aromatic N) is 7. The van der Waals surface area contributed by atoms with E-state index >= 15 is 0 Å². The number of anilines is 2. The van der Waals surface area contributed by atoms with Gasteiger partial charge >= 0.3 is 6.18 Å². The molecule has 29 heavy (non-hydrogen) atoms. The lowest BCUT2D eigenvalue weighted by Crippen LogP contribution is -2.49. The van der Waals surface area contributed by atoms with Crippen molar-refractivity contribution in [2.45, 2.75) is 19.1 Å². The minimum atomic E-state index is -4.55. The number of halogens is 3. The summed E-state index contributed by atoms with van der Waals surface area (Å²) in [6.45, 7) is 6.03. The average molecular weight is 406 g/mol. The molecule has 11 heteroatoms. The van der Waals surface area contributed by atoms with Crippen molar-refractivity contribution in [1.29, 1.82) is 0 Å². The molecule has 3 aromatic heterocycles. The summed E-state index contributed by atoms with van der Waals surface area (Å²) >= 11 is 0. The molecule has 4 rings (SSSR count). The zero-order chi connectivity index (χ0) is 20.4. The van der Waals surface area contributed by atoms with Crippen molar-refractivity contribution in [2.24, 2.45) is 0 Å². The first-order valence-corrected chi connectivity index (χ1v) is 9.33. The Balaban J connectivity index is 1.39. The van der Waals surface area contributed by atoms with Gasteiger partial charge in [-0.3, -0.25) is 4.90 Å². The van der Waals surface area contributed by atoms with Gasteiger partial charge in [0.1, 0.15) is 18.0 Å². The topological polar surface area (TPSA) is 74.5 Å².